The van der Waals surface area contributed by atoms with Crippen LogP contribution in [0.2, 0.25) is 0 Å². The second-order valence-corrected chi connectivity index (χ2v) is 10.1. The predicted molar refractivity (Wildman–Crippen MR) is 149 cm³/mol. The van der Waals surface area contributed by atoms with Gasteiger partial charge in [-0.15, -0.1) is 0 Å². The molecule has 0 saturated carbocycles. The standard InChI is InChI=1S/C31H39N3O3/c1-6-33(20-25-14-10-11-15-28(25)36-22(2)3)26-17-19-34(21-26)30-29(31(35)37-23(4)5)27(16-18-32-30)24-12-8-7-9-13-24/h7-16,18,22-23,26H,6,17,19-21H2,1-5H3/t26-/m1/s1. The minimum Gasteiger partial charge on any atom is -0.491 e. The summed E-state index contributed by atoms with van der Waals surface area (Å²) in [6, 6.07) is 20.5. The van der Waals surface area contributed by atoms with E-state index in [2.05, 4.69) is 48.8 Å². The van der Waals surface area contributed by atoms with Crippen LogP contribution in [0.4, 0.5) is 5.82 Å². The summed E-state index contributed by atoms with van der Waals surface area (Å²) in [6.07, 6.45) is 2.72. The Bertz CT molecular complexity index is 1180. The van der Waals surface area contributed by atoms with Crippen LogP contribution in [0, 0.1) is 0 Å². The molecule has 1 atom stereocenters. The lowest BCUT2D eigenvalue weighted by molar-refractivity contribution is 0.0379. The maximum atomic E-state index is 13.4. The number of hydrogen-bond donors (Lipinski definition) is 0. The minimum absolute atomic E-state index is 0.130. The molecule has 1 saturated heterocycles. The SMILES string of the molecule is CCN(Cc1ccccc1OC(C)C)[C@@H]1CCN(c2nccc(-c3ccccc3)c2C(=O)OC(C)C)C1. The number of carbonyl (C=O) groups is 1. The molecule has 0 unspecified atom stereocenters. The summed E-state index contributed by atoms with van der Waals surface area (Å²) in [7, 11) is 0. The zero-order valence-corrected chi connectivity index (χ0v) is 22.7. The third-order valence-corrected chi connectivity index (χ3v) is 6.66. The van der Waals surface area contributed by atoms with Crippen molar-refractivity contribution < 1.29 is 14.3 Å². The van der Waals surface area contributed by atoms with E-state index in [1.54, 1.807) is 6.20 Å². The number of esters is 1. The van der Waals surface area contributed by atoms with E-state index in [-0.39, 0.29) is 18.2 Å². The zero-order chi connectivity index (χ0) is 26.4. The van der Waals surface area contributed by atoms with E-state index in [9.17, 15) is 4.79 Å². The molecule has 2 heterocycles. The lowest BCUT2D eigenvalue weighted by Gasteiger charge is -2.29. The first-order valence-corrected chi connectivity index (χ1v) is 13.4. The number of likely N-dealkylation sites (N-methyl/N-ethyl adjacent to an activating group) is 1. The van der Waals surface area contributed by atoms with Crippen molar-refractivity contribution in [3.8, 4) is 16.9 Å². The van der Waals surface area contributed by atoms with Gasteiger partial charge in [0.1, 0.15) is 17.1 Å². The molecule has 2 aromatic carbocycles. The summed E-state index contributed by atoms with van der Waals surface area (Å²) in [5.41, 5.74) is 3.57. The average molecular weight is 502 g/mol. The van der Waals surface area contributed by atoms with Crippen molar-refractivity contribution in [2.24, 2.45) is 0 Å². The van der Waals surface area contributed by atoms with E-state index in [0.29, 0.717) is 17.4 Å². The van der Waals surface area contributed by atoms with Crippen molar-refractivity contribution in [2.75, 3.05) is 24.5 Å². The third-order valence-electron chi connectivity index (χ3n) is 6.66. The van der Waals surface area contributed by atoms with Crippen LogP contribution in [0.25, 0.3) is 11.1 Å². The Morgan fingerprint density at radius 2 is 1.76 bits per heavy atom. The lowest BCUT2D eigenvalue weighted by atomic mass is 10.0. The first kappa shape index (κ1) is 26.7. The first-order valence-electron chi connectivity index (χ1n) is 13.4. The van der Waals surface area contributed by atoms with Gasteiger partial charge in [-0.2, -0.15) is 0 Å². The number of benzene rings is 2. The molecule has 1 aromatic heterocycles. The fourth-order valence-corrected chi connectivity index (χ4v) is 4.98. The third kappa shape index (κ3) is 6.50. The van der Waals surface area contributed by atoms with E-state index in [0.717, 1.165) is 49.5 Å². The summed E-state index contributed by atoms with van der Waals surface area (Å²) in [5.74, 6) is 1.32. The maximum absolute atomic E-state index is 13.4. The van der Waals surface area contributed by atoms with Gasteiger partial charge in [0.15, 0.2) is 0 Å². The van der Waals surface area contributed by atoms with Crippen molar-refractivity contribution in [2.45, 2.75) is 65.8 Å². The molecule has 0 bridgehead atoms. The van der Waals surface area contributed by atoms with E-state index >= 15 is 0 Å². The highest BCUT2D eigenvalue weighted by Gasteiger charge is 2.32. The lowest BCUT2D eigenvalue weighted by Crippen LogP contribution is -2.37. The summed E-state index contributed by atoms with van der Waals surface area (Å²) in [6.45, 7) is 13.4. The number of nitrogens with zero attached hydrogens (tertiary/aromatic N) is 3. The molecule has 0 spiro atoms. The molecule has 0 aliphatic carbocycles. The molecule has 1 aliphatic rings. The van der Waals surface area contributed by atoms with Crippen LogP contribution in [-0.2, 0) is 11.3 Å². The molecule has 1 aliphatic heterocycles. The van der Waals surface area contributed by atoms with Gasteiger partial charge in [0.05, 0.1) is 12.2 Å². The van der Waals surface area contributed by atoms with Gasteiger partial charge < -0.3 is 14.4 Å². The highest BCUT2D eigenvalue weighted by atomic mass is 16.5. The van der Waals surface area contributed by atoms with Gasteiger partial charge in [0, 0.05) is 43.0 Å². The number of pyridine rings is 1. The normalized spacial score (nSPS) is 15.6. The van der Waals surface area contributed by atoms with Gasteiger partial charge in [-0.25, -0.2) is 9.78 Å². The molecule has 1 fully saturated rings. The Hall–Kier alpha value is -3.38. The molecule has 4 rings (SSSR count). The second-order valence-electron chi connectivity index (χ2n) is 10.1. The number of aromatic nitrogens is 1. The molecule has 37 heavy (non-hydrogen) atoms. The number of hydrogen-bond acceptors (Lipinski definition) is 6. The van der Waals surface area contributed by atoms with Gasteiger partial charge in [0.25, 0.3) is 0 Å². The van der Waals surface area contributed by atoms with E-state index in [4.69, 9.17) is 14.5 Å². The Balaban J connectivity index is 1.60. The van der Waals surface area contributed by atoms with Crippen LogP contribution in [0.15, 0.2) is 66.9 Å². The summed E-state index contributed by atoms with van der Waals surface area (Å²) in [5, 5.41) is 0. The molecule has 0 N–H and O–H groups in total. The number of para-hydroxylation sites is 1. The smallest absolute Gasteiger partial charge is 0.342 e. The fraction of sp³-hybridized carbons (Fsp3) is 0.419. The van der Waals surface area contributed by atoms with Crippen LogP contribution >= 0.6 is 0 Å². The molecular formula is C31H39N3O3. The van der Waals surface area contributed by atoms with Crippen molar-refractivity contribution in [3.63, 3.8) is 0 Å². The Morgan fingerprint density at radius 1 is 1.03 bits per heavy atom. The second kappa shape index (κ2) is 12.2. The summed E-state index contributed by atoms with van der Waals surface area (Å²) in [4.78, 5) is 22.8. The van der Waals surface area contributed by atoms with Gasteiger partial charge in [0.2, 0.25) is 0 Å². The van der Waals surface area contributed by atoms with E-state index in [1.807, 2.05) is 56.3 Å². The molecule has 0 amide bonds. The topological polar surface area (TPSA) is 54.9 Å². The number of rotatable bonds is 10. The van der Waals surface area contributed by atoms with Gasteiger partial charge in [-0.05, 0) is 58.4 Å². The van der Waals surface area contributed by atoms with E-state index < -0.39 is 0 Å². The number of ether oxygens (including phenoxy) is 2. The molecule has 6 nitrogen and oxygen atoms in total. The summed E-state index contributed by atoms with van der Waals surface area (Å²) >= 11 is 0. The Labute approximate surface area is 221 Å². The molecule has 3 aromatic rings. The molecule has 196 valence electrons. The van der Waals surface area contributed by atoms with Gasteiger partial charge in [-0.1, -0.05) is 55.5 Å². The Kier molecular flexibility index (Phi) is 8.82. The largest absolute Gasteiger partial charge is 0.491 e. The molecule has 6 heteroatoms. The van der Waals surface area contributed by atoms with E-state index in [1.165, 1.54) is 5.56 Å². The molecular weight excluding hydrogens is 462 g/mol. The predicted octanol–water partition coefficient (Wildman–Crippen LogP) is 6.20. The number of carbonyl (C=O) groups excluding carboxylic acids is 1. The zero-order valence-electron chi connectivity index (χ0n) is 22.7. The average Bonchev–Trinajstić information content (AvgIpc) is 3.37. The van der Waals surface area contributed by atoms with Crippen LogP contribution in [0.1, 0.15) is 57.0 Å². The Morgan fingerprint density at radius 3 is 2.46 bits per heavy atom. The summed E-state index contributed by atoms with van der Waals surface area (Å²) < 4.78 is 11.8. The van der Waals surface area contributed by atoms with Crippen LogP contribution in [-0.4, -0.2) is 53.7 Å². The van der Waals surface area contributed by atoms with Crippen LogP contribution < -0.4 is 9.64 Å². The first-order chi connectivity index (χ1) is 17.9. The van der Waals surface area contributed by atoms with Crippen molar-refractivity contribution >= 4 is 11.8 Å². The quantitative estimate of drug-likeness (QED) is 0.308. The van der Waals surface area contributed by atoms with Crippen molar-refractivity contribution in [1.82, 2.24) is 9.88 Å². The minimum atomic E-state index is -0.326. The highest BCUT2D eigenvalue weighted by Crippen LogP contribution is 2.33. The van der Waals surface area contributed by atoms with Gasteiger partial charge >= 0.3 is 5.97 Å². The van der Waals surface area contributed by atoms with Crippen molar-refractivity contribution in [3.05, 3.63) is 78.0 Å². The monoisotopic (exact) mass is 501 g/mol. The maximum Gasteiger partial charge on any atom is 0.342 e. The van der Waals surface area contributed by atoms with Crippen LogP contribution in [0.5, 0.6) is 5.75 Å². The van der Waals surface area contributed by atoms with Gasteiger partial charge in [-0.3, -0.25) is 4.90 Å². The van der Waals surface area contributed by atoms with Crippen molar-refractivity contribution in [1.29, 1.82) is 0 Å². The van der Waals surface area contributed by atoms with Crippen LogP contribution in [0.3, 0.4) is 0 Å². The highest BCUT2D eigenvalue weighted by molar-refractivity contribution is 6.02. The fourth-order valence-electron chi connectivity index (χ4n) is 4.98. The number of anilines is 1. The molecule has 0 radical (unpaired) electrons.